The number of nitrogens with one attached hydrogen (secondary N) is 1. The lowest BCUT2D eigenvalue weighted by Crippen LogP contribution is -2.13. The van der Waals surface area contributed by atoms with Crippen LogP contribution in [0.2, 0.25) is 0 Å². The van der Waals surface area contributed by atoms with E-state index in [4.69, 9.17) is 4.52 Å². The molecule has 16 heavy (non-hydrogen) atoms. The second kappa shape index (κ2) is 4.21. The monoisotopic (exact) mass is 238 g/mol. The summed E-state index contributed by atoms with van der Waals surface area (Å²) in [5.74, 6) is 0.708. The number of rotatable bonds is 3. The van der Waals surface area contributed by atoms with Crippen LogP contribution in [0.25, 0.3) is 0 Å². The Morgan fingerprint density at radius 2 is 2.25 bits per heavy atom. The summed E-state index contributed by atoms with van der Waals surface area (Å²) in [6.07, 6.45) is 1.82. The third kappa shape index (κ3) is 2.57. The van der Waals surface area contributed by atoms with E-state index < -0.39 is 0 Å². The molecule has 0 aliphatic carbocycles. The van der Waals surface area contributed by atoms with E-state index in [9.17, 15) is 0 Å². The molecule has 0 aliphatic heterocycles. The number of nitrogens with zero attached hydrogens (tertiary/aromatic N) is 3. The van der Waals surface area contributed by atoms with Crippen LogP contribution >= 0.6 is 11.3 Å². The SMILES string of the molecule is CC(C)(C)c1noc(NCc2cncs2)n1. The van der Waals surface area contributed by atoms with E-state index in [0.29, 0.717) is 18.4 Å². The zero-order valence-electron chi connectivity index (χ0n) is 9.52. The van der Waals surface area contributed by atoms with Crippen LogP contribution in [0.3, 0.4) is 0 Å². The van der Waals surface area contributed by atoms with Crippen LogP contribution < -0.4 is 5.32 Å². The van der Waals surface area contributed by atoms with E-state index in [1.54, 1.807) is 16.8 Å². The molecule has 0 unspecified atom stereocenters. The Kier molecular flexibility index (Phi) is 2.91. The molecule has 0 saturated heterocycles. The van der Waals surface area contributed by atoms with Crippen LogP contribution in [-0.2, 0) is 12.0 Å². The third-order valence-electron chi connectivity index (χ3n) is 1.99. The summed E-state index contributed by atoms with van der Waals surface area (Å²) in [6, 6.07) is 0.457. The van der Waals surface area contributed by atoms with Gasteiger partial charge in [0.2, 0.25) is 0 Å². The van der Waals surface area contributed by atoms with Crippen molar-refractivity contribution < 1.29 is 4.52 Å². The highest BCUT2D eigenvalue weighted by atomic mass is 32.1. The predicted octanol–water partition coefficient (Wildman–Crippen LogP) is 2.44. The minimum Gasteiger partial charge on any atom is -0.333 e. The van der Waals surface area contributed by atoms with Crippen molar-refractivity contribution >= 4 is 17.4 Å². The smallest absolute Gasteiger partial charge is 0.321 e. The number of hydrogen-bond donors (Lipinski definition) is 1. The molecule has 0 fully saturated rings. The fraction of sp³-hybridized carbons (Fsp3) is 0.500. The molecule has 2 aromatic heterocycles. The van der Waals surface area contributed by atoms with Gasteiger partial charge in [0, 0.05) is 16.5 Å². The van der Waals surface area contributed by atoms with Crippen LogP contribution in [0.15, 0.2) is 16.2 Å². The fourth-order valence-electron chi connectivity index (χ4n) is 1.09. The summed E-state index contributed by atoms with van der Waals surface area (Å²) < 4.78 is 5.10. The lowest BCUT2D eigenvalue weighted by molar-refractivity contribution is 0.402. The van der Waals surface area contributed by atoms with Crippen LogP contribution in [0.1, 0.15) is 31.5 Å². The molecule has 0 saturated carbocycles. The highest BCUT2D eigenvalue weighted by molar-refractivity contribution is 7.09. The van der Waals surface area contributed by atoms with Crippen molar-refractivity contribution in [3.05, 3.63) is 22.4 Å². The Labute approximate surface area is 97.9 Å². The molecule has 0 aliphatic rings. The largest absolute Gasteiger partial charge is 0.333 e. The summed E-state index contributed by atoms with van der Waals surface area (Å²) in [7, 11) is 0. The van der Waals surface area contributed by atoms with E-state index in [2.05, 4.69) is 20.4 Å². The van der Waals surface area contributed by atoms with Crippen molar-refractivity contribution in [2.24, 2.45) is 0 Å². The second-order valence-electron chi connectivity index (χ2n) is 4.49. The second-order valence-corrected chi connectivity index (χ2v) is 5.47. The average Bonchev–Trinajstić information content (AvgIpc) is 2.85. The molecule has 2 rings (SSSR count). The molecule has 0 atom stereocenters. The summed E-state index contributed by atoms with van der Waals surface area (Å²) in [5.41, 5.74) is 1.71. The van der Waals surface area contributed by atoms with Crippen LogP contribution in [0.4, 0.5) is 6.01 Å². The molecule has 0 aromatic carbocycles. The van der Waals surface area contributed by atoms with Gasteiger partial charge in [-0.1, -0.05) is 25.9 Å². The van der Waals surface area contributed by atoms with Gasteiger partial charge in [0.15, 0.2) is 5.82 Å². The summed E-state index contributed by atoms with van der Waals surface area (Å²) in [5, 5.41) is 7.00. The number of hydrogen-bond acceptors (Lipinski definition) is 6. The van der Waals surface area contributed by atoms with Gasteiger partial charge >= 0.3 is 6.01 Å². The van der Waals surface area contributed by atoms with Crippen molar-refractivity contribution in [1.29, 1.82) is 0 Å². The first-order valence-corrected chi connectivity index (χ1v) is 5.89. The molecule has 2 aromatic rings. The molecule has 6 heteroatoms. The van der Waals surface area contributed by atoms with Crippen molar-refractivity contribution in [3.8, 4) is 0 Å². The molecule has 0 radical (unpaired) electrons. The topological polar surface area (TPSA) is 63.8 Å². The van der Waals surface area contributed by atoms with E-state index in [1.165, 1.54) is 0 Å². The van der Waals surface area contributed by atoms with Gasteiger partial charge in [0.25, 0.3) is 0 Å². The lowest BCUT2D eigenvalue weighted by atomic mass is 9.96. The summed E-state index contributed by atoms with van der Waals surface area (Å²) in [4.78, 5) is 9.40. The Morgan fingerprint density at radius 1 is 1.44 bits per heavy atom. The quantitative estimate of drug-likeness (QED) is 0.889. The van der Waals surface area contributed by atoms with Crippen molar-refractivity contribution in [3.63, 3.8) is 0 Å². The minimum atomic E-state index is -0.0894. The highest BCUT2D eigenvalue weighted by Crippen LogP contribution is 2.20. The number of thiazole rings is 1. The third-order valence-corrected chi connectivity index (χ3v) is 2.77. The maximum Gasteiger partial charge on any atom is 0.321 e. The van der Waals surface area contributed by atoms with Gasteiger partial charge in [0.05, 0.1) is 12.1 Å². The van der Waals surface area contributed by atoms with Gasteiger partial charge in [-0.25, -0.2) is 0 Å². The van der Waals surface area contributed by atoms with Crippen molar-refractivity contribution in [2.75, 3.05) is 5.32 Å². The number of aromatic nitrogens is 3. The Bertz CT molecular complexity index is 444. The first-order chi connectivity index (χ1) is 7.55. The van der Waals surface area contributed by atoms with E-state index >= 15 is 0 Å². The molecular formula is C10H14N4OS. The molecule has 5 nitrogen and oxygen atoms in total. The minimum absolute atomic E-state index is 0.0894. The molecule has 86 valence electrons. The molecule has 0 spiro atoms. The summed E-state index contributed by atoms with van der Waals surface area (Å²) >= 11 is 1.59. The normalized spacial score (nSPS) is 11.7. The molecule has 1 N–H and O–H groups in total. The van der Waals surface area contributed by atoms with Gasteiger partial charge in [0.1, 0.15) is 0 Å². The van der Waals surface area contributed by atoms with Crippen molar-refractivity contribution in [1.82, 2.24) is 15.1 Å². The molecule has 2 heterocycles. The maximum absolute atomic E-state index is 5.10. The first-order valence-electron chi connectivity index (χ1n) is 5.01. The zero-order valence-corrected chi connectivity index (χ0v) is 10.3. The summed E-state index contributed by atoms with van der Waals surface area (Å²) in [6.45, 7) is 6.80. The Hall–Kier alpha value is -1.43. The number of anilines is 1. The highest BCUT2D eigenvalue weighted by Gasteiger charge is 2.20. The predicted molar refractivity (Wildman–Crippen MR) is 62.4 cm³/mol. The average molecular weight is 238 g/mol. The Morgan fingerprint density at radius 3 is 2.81 bits per heavy atom. The zero-order chi connectivity index (χ0) is 11.6. The molecule has 0 bridgehead atoms. The van der Waals surface area contributed by atoms with Gasteiger partial charge in [-0.05, 0) is 0 Å². The maximum atomic E-state index is 5.10. The fourth-order valence-corrected chi connectivity index (χ4v) is 1.63. The molecular weight excluding hydrogens is 224 g/mol. The van der Waals surface area contributed by atoms with Gasteiger partial charge < -0.3 is 9.84 Å². The van der Waals surface area contributed by atoms with Crippen molar-refractivity contribution in [2.45, 2.75) is 32.7 Å². The van der Waals surface area contributed by atoms with Gasteiger partial charge in [-0.2, -0.15) is 4.98 Å². The Balaban J connectivity index is 1.98. The van der Waals surface area contributed by atoms with Gasteiger partial charge in [-0.3, -0.25) is 4.98 Å². The lowest BCUT2D eigenvalue weighted by Gasteiger charge is -2.10. The van der Waals surface area contributed by atoms with Crippen LogP contribution in [0.5, 0.6) is 0 Å². The standard InChI is InChI=1S/C10H14N4OS/c1-10(2,3)8-13-9(15-14-8)12-5-7-4-11-6-16-7/h4,6H,5H2,1-3H3,(H,12,13,14). The van der Waals surface area contributed by atoms with E-state index in [0.717, 1.165) is 4.88 Å². The van der Waals surface area contributed by atoms with E-state index in [1.807, 2.05) is 27.0 Å². The molecule has 0 amide bonds. The van der Waals surface area contributed by atoms with Crippen LogP contribution in [0, 0.1) is 0 Å². The van der Waals surface area contributed by atoms with Crippen LogP contribution in [-0.4, -0.2) is 15.1 Å². The van der Waals surface area contributed by atoms with Gasteiger partial charge in [-0.15, -0.1) is 11.3 Å². The van der Waals surface area contributed by atoms with E-state index in [-0.39, 0.29) is 5.41 Å². The first kappa shape index (κ1) is 11.1.